The van der Waals surface area contributed by atoms with Gasteiger partial charge in [0.05, 0.1) is 10.2 Å². The molecule has 1 aromatic carbocycles. The monoisotopic (exact) mass is 302 g/mol. The molecule has 6 nitrogen and oxygen atoms in total. The molecule has 3 aromatic rings. The molecule has 0 aliphatic heterocycles. The van der Waals surface area contributed by atoms with E-state index < -0.39 is 0 Å². The minimum absolute atomic E-state index is 0.250. The number of pyridine rings is 1. The lowest BCUT2D eigenvalue weighted by molar-refractivity contribution is -0.122. The molecule has 0 unspecified atom stereocenters. The van der Waals surface area contributed by atoms with Crippen LogP contribution in [0.5, 0.6) is 0 Å². The average molecular weight is 302 g/mol. The lowest BCUT2D eigenvalue weighted by Crippen LogP contribution is -1.88. The molecule has 0 bridgehead atoms. The molecule has 108 valence electrons. The van der Waals surface area contributed by atoms with Crippen molar-refractivity contribution >= 4 is 39.0 Å². The summed E-state index contributed by atoms with van der Waals surface area (Å²) in [5.41, 5.74) is 8.79. The molecule has 0 aliphatic rings. The maximum absolute atomic E-state index is 8.36. The van der Waals surface area contributed by atoms with Crippen molar-refractivity contribution in [2.75, 3.05) is 18.1 Å². The number of anilines is 2. The van der Waals surface area contributed by atoms with Gasteiger partial charge in [-0.05, 0) is 29.8 Å². The average Bonchev–Trinajstić information content (AvgIpc) is 2.91. The normalized spacial score (nSPS) is 9.76. The molecule has 3 rings (SSSR count). The summed E-state index contributed by atoms with van der Waals surface area (Å²) in [6, 6.07) is 9.99. The highest BCUT2D eigenvalue weighted by molar-refractivity contribution is 7.22. The number of carbonyl (C=O) groups is 1. The third kappa shape index (κ3) is 3.46. The fraction of sp³-hybridized carbons (Fsp3) is 0.0714. The van der Waals surface area contributed by atoms with Crippen molar-refractivity contribution in [1.29, 1.82) is 0 Å². The van der Waals surface area contributed by atoms with E-state index in [2.05, 4.69) is 27.4 Å². The van der Waals surface area contributed by atoms with Gasteiger partial charge in [0.2, 0.25) is 0 Å². The van der Waals surface area contributed by atoms with Crippen LogP contribution in [0.4, 0.5) is 10.9 Å². The lowest BCUT2D eigenvalue weighted by Gasteiger charge is -2.01. The Morgan fingerprint density at radius 2 is 2.00 bits per heavy atom. The number of fused-ring (bicyclic) bond motifs is 1. The van der Waals surface area contributed by atoms with Gasteiger partial charge in [-0.1, -0.05) is 17.4 Å². The predicted octanol–water partition coefficient (Wildman–Crippen LogP) is 2.68. The molecule has 0 radical (unpaired) electrons. The smallest absolute Gasteiger partial charge is 0.290 e. The highest BCUT2D eigenvalue weighted by Gasteiger charge is 2.05. The summed E-state index contributed by atoms with van der Waals surface area (Å²) in [5.74, 6) is 0.537. The van der Waals surface area contributed by atoms with Crippen LogP contribution in [0.1, 0.15) is 0 Å². The molecular weight excluding hydrogens is 288 g/mol. The zero-order valence-corrected chi connectivity index (χ0v) is 12.1. The number of nitrogens with one attached hydrogen (secondary N) is 1. The topological polar surface area (TPSA) is 101 Å². The fourth-order valence-electron chi connectivity index (χ4n) is 1.79. The number of nitrogen functional groups attached to an aromatic ring is 1. The first-order valence-electron chi connectivity index (χ1n) is 6.06. The number of nitrogens with zero attached hydrogens (tertiary/aromatic N) is 2. The number of nitrogens with two attached hydrogens (primary N) is 1. The first-order valence-corrected chi connectivity index (χ1v) is 6.87. The summed E-state index contributed by atoms with van der Waals surface area (Å²) < 4.78 is 1.16. The van der Waals surface area contributed by atoms with E-state index >= 15 is 0 Å². The molecule has 0 saturated heterocycles. The van der Waals surface area contributed by atoms with Crippen LogP contribution in [0.2, 0.25) is 0 Å². The van der Waals surface area contributed by atoms with Crippen LogP contribution in [0, 0.1) is 0 Å². The van der Waals surface area contributed by atoms with Gasteiger partial charge in [0.25, 0.3) is 6.47 Å². The number of aromatic nitrogens is 2. The van der Waals surface area contributed by atoms with Crippen LogP contribution < -0.4 is 11.1 Å². The third-order valence-electron chi connectivity index (χ3n) is 2.72. The van der Waals surface area contributed by atoms with Crippen molar-refractivity contribution in [3.8, 4) is 11.1 Å². The first kappa shape index (κ1) is 14.7. The van der Waals surface area contributed by atoms with Crippen LogP contribution in [0.15, 0.2) is 36.5 Å². The first-order chi connectivity index (χ1) is 10.2. The van der Waals surface area contributed by atoms with Gasteiger partial charge in [-0.25, -0.2) is 9.97 Å². The Hall–Kier alpha value is -2.67. The van der Waals surface area contributed by atoms with Crippen molar-refractivity contribution in [3.05, 3.63) is 36.5 Å². The molecule has 2 heterocycles. The lowest BCUT2D eigenvalue weighted by atomic mass is 10.1. The van der Waals surface area contributed by atoms with Gasteiger partial charge in [0.1, 0.15) is 5.82 Å². The van der Waals surface area contributed by atoms with Gasteiger partial charge in [-0.2, -0.15) is 0 Å². The van der Waals surface area contributed by atoms with Crippen molar-refractivity contribution < 1.29 is 9.90 Å². The number of rotatable bonds is 2. The fourth-order valence-corrected chi connectivity index (χ4v) is 2.65. The SMILES string of the molecule is CNc1nc2ccc(-c3ccc(N)nc3)cc2s1.O=CO. The quantitative estimate of drug-likeness (QED) is 0.629. The molecule has 0 aliphatic carbocycles. The van der Waals surface area contributed by atoms with Crippen LogP contribution in [0.25, 0.3) is 21.3 Å². The largest absolute Gasteiger partial charge is 0.483 e. The number of benzene rings is 1. The van der Waals surface area contributed by atoms with E-state index in [4.69, 9.17) is 15.6 Å². The number of hydrogen-bond donors (Lipinski definition) is 3. The van der Waals surface area contributed by atoms with Gasteiger partial charge in [0.15, 0.2) is 5.13 Å². The zero-order chi connectivity index (χ0) is 15.2. The molecule has 4 N–H and O–H groups in total. The van der Waals surface area contributed by atoms with Crippen molar-refractivity contribution in [3.63, 3.8) is 0 Å². The summed E-state index contributed by atoms with van der Waals surface area (Å²) >= 11 is 1.64. The Bertz CT molecular complexity index is 740. The highest BCUT2D eigenvalue weighted by atomic mass is 32.1. The Balaban J connectivity index is 0.000000497. The van der Waals surface area contributed by atoms with Crippen LogP contribution >= 0.6 is 11.3 Å². The minimum Gasteiger partial charge on any atom is -0.483 e. The molecule has 0 atom stereocenters. The Kier molecular flexibility index (Phi) is 4.68. The number of hydrogen-bond acceptors (Lipinski definition) is 6. The van der Waals surface area contributed by atoms with Gasteiger partial charge in [-0.15, -0.1) is 0 Å². The van der Waals surface area contributed by atoms with E-state index in [0.29, 0.717) is 5.82 Å². The summed E-state index contributed by atoms with van der Waals surface area (Å²) in [7, 11) is 1.88. The maximum atomic E-state index is 8.36. The van der Waals surface area contributed by atoms with E-state index in [-0.39, 0.29) is 6.47 Å². The van der Waals surface area contributed by atoms with Crippen LogP contribution in [-0.2, 0) is 4.79 Å². The van der Waals surface area contributed by atoms with E-state index in [1.165, 1.54) is 0 Å². The van der Waals surface area contributed by atoms with E-state index in [1.807, 2.05) is 25.2 Å². The predicted molar refractivity (Wildman–Crippen MR) is 85.5 cm³/mol. The maximum Gasteiger partial charge on any atom is 0.290 e. The van der Waals surface area contributed by atoms with E-state index in [0.717, 1.165) is 26.5 Å². The molecule has 2 aromatic heterocycles. The highest BCUT2D eigenvalue weighted by Crippen LogP contribution is 2.30. The van der Waals surface area contributed by atoms with Crippen LogP contribution in [-0.4, -0.2) is 28.6 Å². The van der Waals surface area contributed by atoms with Crippen molar-refractivity contribution in [1.82, 2.24) is 9.97 Å². The van der Waals surface area contributed by atoms with Crippen LogP contribution in [0.3, 0.4) is 0 Å². The van der Waals surface area contributed by atoms with Gasteiger partial charge >= 0.3 is 0 Å². The Morgan fingerprint density at radius 3 is 2.62 bits per heavy atom. The second-order valence-electron chi connectivity index (χ2n) is 4.03. The van der Waals surface area contributed by atoms with E-state index in [9.17, 15) is 0 Å². The van der Waals surface area contributed by atoms with Crippen molar-refractivity contribution in [2.24, 2.45) is 0 Å². The van der Waals surface area contributed by atoms with Gasteiger partial charge in [0, 0.05) is 18.8 Å². The standard InChI is InChI=1S/C13H12N4S.CH2O2/c1-15-13-17-10-4-2-8(6-11(10)18-13)9-3-5-12(14)16-7-9;2-1-3/h2-7H,1H3,(H2,14,16)(H,15,17);1H,(H,2,3). The second kappa shape index (κ2) is 6.67. The molecule has 7 heteroatoms. The Labute approximate surface area is 125 Å². The molecule has 0 saturated carbocycles. The minimum atomic E-state index is -0.250. The summed E-state index contributed by atoms with van der Waals surface area (Å²) in [4.78, 5) is 16.9. The molecule has 0 spiro atoms. The summed E-state index contributed by atoms with van der Waals surface area (Å²) in [6.45, 7) is -0.250. The molecule has 0 fully saturated rings. The summed E-state index contributed by atoms with van der Waals surface area (Å²) in [6.07, 6.45) is 1.79. The van der Waals surface area contributed by atoms with Crippen molar-refractivity contribution in [2.45, 2.75) is 0 Å². The molecule has 0 amide bonds. The second-order valence-corrected chi connectivity index (χ2v) is 5.06. The van der Waals surface area contributed by atoms with Gasteiger partial charge < -0.3 is 16.2 Å². The van der Waals surface area contributed by atoms with Gasteiger partial charge in [-0.3, -0.25) is 4.79 Å². The Morgan fingerprint density at radius 1 is 1.29 bits per heavy atom. The third-order valence-corrected chi connectivity index (χ3v) is 3.76. The molecular formula is C14H14N4O2S. The summed E-state index contributed by atoms with van der Waals surface area (Å²) in [5, 5.41) is 10.9. The number of thiazole rings is 1. The molecule has 21 heavy (non-hydrogen) atoms. The number of carboxylic acid groups (broad SMARTS) is 1. The zero-order valence-electron chi connectivity index (χ0n) is 11.3. The van der Waals surface area contributed by atoms with E-state index in [1.54, 1.807) is 17.5 Å².